The van der Waals surface area contributed by atoms with Crippen molar-refractivity contribution in [2.24, 2.45) is 0 Å². The number of pyridine rings is 1. The number of nitrogens with zero attached hydrogens (tertiary/aromatic N) is 2. The van der Waals surface area contributed by atoms with E-state index in [0.717, 1.165) is 54.0 Å². The van der Waals surface area contributed by atoms with Crippen LogP contribution in [0, 0.1) is 0 Å². The van der Waals surface area contributed by atoms with Gasteiger partial charge >= 0.3 is 0 Å². The Morgan fingerprint density at radius 3 is 2.62 bits per heavy atom. The molecule has 0 spiro atoms. The third-order valence-electron chi connectivity index (χ3n) is 7.22. The van der Waals surface area contributed by atoms with Crippen LogP contribution in [0.15, 0.2) is 71.8 Å². The molecular weight excluding hydrogens is 510 g/mol. The number of piperidine rings is 1. The summed E-state index contributed by atoms with van der Waals surface area (Å²) in [5, 5.41) is 11.8. The Hall–Kier alpha value is -2.75. The van der Waals surface area contributed by atoms with Gasteiger partial charge in [-0.05, 0) is 73.8 Å². The molecule has 0 unspecified atom stereocenters. The summed E-state index contributed by atoms with van der Waals surface area (Å²) >= 11 is 6.01. The first kappa shape index (κ1) is 25.9. The van der Waals surface area contributed by atoms with Crippen molar-refractivity contribution in [3.63, 3.8) is 0 Å². The summed E-state index contributed by atoms with van der Waals surface area (Å²) in [6, 6.07) is 16.3. The standard InChI is InChI=1S/C28H30ClN3O4S/c1-30-37(34,35)22-10-11-27-25(18-22)23(24-4-2-14-31-26(24)19-36-27)5-3-15-32-16-12-28(33,13-17-32)20-6-8-21(29)9-7-20/h2,4-11,14,18,30,33H,3,12-13,15-17,19H2,1H3/b23-5+. The summed E-state index contributed by atoms with van der Waals surface area (Å²) in [7, 11) is -2.20. The molecule has 2 N–H and O–H groups in total. The Morgan fingerprint density at radius 2 is 1.89 bits per heavy atom. The summed E-state index contributed by atoms with van der Waals surface area (Å²) in [4.78, 5) is 7.04. The number of nitrogens with one attached hydrogen (secondary N) is 1. The molecule has 1 fully saturated rings. The van der Waals surface area contributed by atoms with E-state index in [-0.39, 0.29) is 4.90 Å². The van der Waals surface area contributed by atoms with Crippen LogP contribution in [0.2, 0.25) is 5.02 Å². The van der Waals surface area contributed by atoms with Crippen LogP contribution >= 0.6 is 11.6 Å². The predicted molar refractivity (Wildman–Crippen MR) is 144 cm³/mol. The lowest BCUT2D eigenvalue weighted by atomic mass is 9.84. The predicted octanol–water partition coefficient (Wildman–Crippen LogP) is 4.34. The number of sulfonamides is 1. The van der Waals surface area contributed by atoms with Gasteiger partial charge in [-0.25, -0.2) is 13.1 Å². The molecule has 7 nitrogen and oxygen atoms in total. The first-order valence-corrected chi connectivity index (χ1v) is 14.2. The molecule has 2 aliphatic heterocycles. The average Bonchev–Trinajstić information content (AvgIpc) is 3.07. The van der Waals surface area contributed by atoms with Crippen LogP contribution in [0.3, 0.4) is 0 Å². The van der Waals surface area contributed by atoms with E-state index >= 15 is 0 Å². The van der Waals surface area contributed by atoms with E-state index in [1.807, 2.05) is 36.4 Å². The number of rotatable bonds is 6. The Morgan fingerprint density at radius 1 is 1.14 bits per heavy atom. The van der Waals surface area contributed by atoms with Crippen LogP contribution in [-0.2, 0) is 22.2 Å². The van der Waals surface area contributed by atoms with E-state index in [1.54, 1.807) is 24.4 Å². The van der Waals surface area contributed by atoms with Gasteiger partial charge in [-0.3, -0.25) is 4.98 Å². The summed E-state index contributed by atoms with van der Waals surface area (Å²) in [6.07, 6.45) is 5.94. The Labute approximate surface area is 222 Å². The van der Waals surface area contributed by atoms with E-state index < -0.39 is 15.6 Å². The van der Waals surface area contributed by atoms with Gasteiger partial charge in [0.05, 0.1) is 16.2 Å². The SMILES string of the molecule is CNS(=O)(=O)c1ccc2c(c1)/C(=C/CCN1CCC(O)(c3ccc(Cl)cc3)CC1)c1cccnc1CO2. The van der Waals surface area contributed by atoms with Gasteiger partial charge in [-0.2, -0.15) is 0 Å². The first-order valence-electron chi connectivity index (χ1n) is 12.3. The fourth-order valence-corrected chi connectivity index (χ4v) is 5.91. The molecule has 9 heteroatoms. The highest BCUT2D eigenvalue weighted by Gasteiger charge is 2.33. The van der Waals surface area contributed by atoms with Gasteiger partial charge in [-0.1, -0.05) is 35.9 Å². The molecular formula is C28H30ClN3O4S. The third-order valence-corrected chi connectivity index (χ3v) is 8.89. The first-order chi connectivity index (χ1) is 17.8. The number of halogens is 1. The molecule has 2 aliphatic rings. The van der Waals surface area contributed by atoms with Crippen LogP contribution in [0.1, 0.15) is 41.6 Å². The van der Waals surface area contributed by atoms with E-state index in [9.17, 15) is 13.5 Å². The van der Waals surface area contributed by atoms with Crippen LogP contribution in [-0.4, -0.2) is 50.1 Å². The lowest BCUT2D eigenvalue weighted by molar-refractivity contribution is -0.0254. The fraction of sp³-hybridized carbons (Fsp3) is 0.321. The normalized spacial score (nSPS) is 18.5. The van der Waals surface area contributed by atoms with Crippen molar-refractivity contribution in [2.75, 3.05) is 26.7 Å². The van der Waals surface area contributed by atoms with E-state index in [4.69, 9.17) is 16.3 Å². The van der Waals surface area contributed by atoms with Crippen LogP contribution in [0.4, 0.5) is 0 Å². The maximum Gasteiger partial charge on any atom is 0.240 e. The van der Waals surface area contributed by atoms with Crippen molar-refractivity contribution in [1.29, 1.82) is 0 Å². The van der Waals surface area contributed by atoms with Crippen molar-refractivity contribution in [3.8, 4) is 5.75 Å². The van der Waals surface area contributed by atoms with Gasteiger partial charge in [0.25, 0.3) is 0 Å². The molecule has 0 atom stereocenters. The number of ether oxygens (including phenoxy) is 1. The second-order valence-electron chi connectivity index (χ2n) is 9.44. The number of aliphatic hydroxyl groups is 1. The second-order valence-corrected chi connectivity index (χ2v) is 11.8. The molecule has 0 radical (unpaired) electrons. The van der Waals surface area contributed by atoms with Gasteiger partial charge in [-0.15, -0.1) is 0 Å². The van der Waals surface area contributed by atoms with Gasteiger partial charge < -0.3 is 14.7 Å². The van der Waals surface area contributed by atoms with Crippen LogP contribution < -0.4 is 9.46 Å². The second kappa shape index (κ2) is 10.6. The lowest BCUT2D eigenvalue weighted by Crippen LogP contribution is -2.42. The minimum Gasteiger partial charge on any atom is -0.487 e. The molecule has 0 saturated carbocycles. The zero-order valence-corrected chi connectivity index (χ0v) is 22.2. The molecule has 5 rings (SSSR count). The van der Waals surface area contributed by atoms with Gasteiger partial charge in [0, 0.05) is 42.0 Å². The molecule has 3 heterocycles. The molecule has 1 aromatic heterocycles. The number of likely N-dealkylation sites (tertiary alicyclic amines) is 1. The Bertz CT molecular complexity index is 1420. The average molecular weight is 540 g/mol. The number of aromatic nitrogens is 1. The van der Waals surface area contributed by atoms with Gasteiger partial charge in [0.2, 0.25) is 10.0 Å². The highest BCUT2D eigenvalue weighted by atomic mass is 35.5. The quantitative estimate of drug-likeness (QED) is 0.484. The molecule has 0 aliphatic carbocycles. The van der Waals surface area contributed by atoms with Gasteiger partial charge in [0.1, 0.15) is 12.4 Å². The molecule has 0 bridgehead atoms. The van der Waals surface area contributed by atoms with E-state index in [1.165, 1.54) is 7.05 Å². The Kier molecular flexibility index (Phi) is 7.38. The highest BCUT2D eigenvalue weighted by Crippen LogP contribution is 2.38. The molecule has 37 heavy (non-hydrogen) atoms. The maximum absolute atomic E-state index is 12.5. The summed E-state index contributed by atoms with van der Waals surface area (Å²) < 4.78 is 33.4. The van der Waals surface area contributed by atoms with E-state index in [0.29, 0.717) is 30.2 Å². The minimum absolute atomic E-state index is 0.188. The monoisotopic (exact) mass is 539 g/mol. The zero-order valence-electron chi connectivity index (χ0n) is 20.7. The van der Waals surface area contributed by atoms with Crippen molar-refractivity contribution >= 4 is 27.2 Å². The largest absolute Gasteiger partial charge is 0.487 e. The van der Waals surface area contributed by atoms with Crippen molar-refractivity contribution < 1.29 is 18.3 Å². The maximum atomic E-state index is 12.5. The van der Waals surface area contributed by atoms with E-state index in [2.05, 4.69) is 20.7 Å². The van der Waals surface area contributed by atoms with Crippen molar-refractivity contribution in [2.45, 2.75) is 36.4 Å². The van der Waals surface area contributed by atoms with Crippen LogP contribution in [0.25, 0.3) is 5.57 Å². The molecule has 2 aromatic carbocycles. The molecule has 1 saturated heterocycles. The highest BCUT2D eigenvalue weighted by molar-refractivity contribution is 7.89. The smallest absolute Gasteiger partial charge is 0.240 e. The number of hydrogen-bond acceptors (Lipinski definition) is 6. The third kappa shape index (κ3) is 5.44. The Balaban J connectivity index is 1.36. The molecule has 0 amide bonds. The number of hydrogen-bond donors (Lipinski definition) is 2. The number of benzene rings is 2. The summed E-state index contributed by atoms with van der Waals surface area (Å²) in [6.45, 7) is 2.70. The van der Waals surface area contributed by atoms with Crippen molar-refractivity contribution in [1.82, 2.24) is 14.6 Å². The van der Waals surface area contributed by atoms with Crippen molar-refractivity contribution in [3.05, 3.63) is 94.3 Å². The zero-order chi connectivity index (χ0) is 26.0. The summed E-state index contributed by atoms with van der Waals surface area (Å²) in [5.41, 5.74) is 3.48. The number of fused-ring (bicyclic) bond motifs is 2. The van der Waals surface area contributed by atoms with Crippen LogP contribution in [0.5, 0.6) is 5.75 Å². The lowest BCUT2D eigenvalue weighted by Gasteiger charge is -2.38. The summed E-state index contributed by atoms with van der Waals surface area (Å²) in [5.74, 6) is 0.630. The molecule has 194 valence electrons. The van der Waals surface area contributed by atoms with Gasteiger partial charge in [0.15, 0.2) is 0 Å². The topological polar surface area (TPSA) is 91.8 Å². The fourth-order valence-electron chi connectivity index (χ4n) is 5.03. The molecule has 3 aromatic rings. The minimum atomic E-state index is -3.61.